The van der Waals surface area contributed by atoms with Crippen molar-refractivity contribution in [3.05, 3.63) is 102 Å². The molecular formula is C24H20FN5OS. The lowest BCUT2D eigenvalue weighted by atomic mass is 10.0. The molecule has 5 rings (SSSR count). The Labute approximate surface area is 188 Å². The van der Waals surface area contributed by atoms with Crippen molar-refractivity contribution in [1.82, 2.24) is 20.2 Å². The molecule has 160 valence electrons. The molecule has 0 fully saturated rings. The molecule has 2 N–H and O–H groups in total. The molecule has 1 amide bonds. The maximum absolute atomic E-state index is 13.6. The number of fused-ring (bicyclic) bond motifs is 1. The summed E-state index contributed by atoms with van der Waals surface area (Å²) in [4.78, 5) is 13.2. The summed E-state index contributed by atoms with van der Waals surface area (Å²) in [5.41, 5.74) is 6.12. The summed E-state index contributed by atoms with van der Waals surface area (Å²) < 4.78 is 15.4. The second-order valence-electron chi connectivity index (χ2n) is 7.41. The molecule has 0 bridgehead atoms. The van der Waals surface area contributed by atoms with Gasteiger partial charge in [0.1, 0.15) is 11.1 Å². The molecule has 32 heavy (non-hydrogen) atoms. The number of carbonyl (C=O) groups is 1. The molecule has 2 heterocycles. The maximum Gasteiger partial charge on any atom is 0.236 e. The van der Waals surface area contributed by atoms with Crippen LogP contribution in [0.4, 0.5) is 4.39 Å². The van der Waals surface area contributed by atoms with Crippen molar-refractivity contribution in [2.24, 2.45) is 0 Å². The standard InChI is InChI=1S/C24H20FN5OS/c25-19-13-11-17(12-14-19)20-21(23(31)26-15-16-7-3-1-4-8-16)32-24-28-27-22(30(24)29-20)18-9-5-2-6-10-18/h1-14,20-21,29H,15H2,(H,26,31)/t20-,21-/m1/s1. The molecule has 8 heteroatoms. The topological polar surface area (TPSA) is 71.8 Å². The minimum Gasteiger partial charge on any atom is -0.351 e. The van der Waals surface area contributed by atoms with Crippen LogP contribution in [-0.2, 0) is 11.3 Å². The van der Waals surface area contributed by atoms with E-state index in [1.807, 2.05) is 60.7 Å². The molecule has 0 spiro atoms. The van der Waals surface area contributed by atoms with Gasteiger partial charge in [-0.2, -0.15) is 0 Å². The van der Waals surface area contributed by atoms with Crippen LogP contribution in [0.15, 0.2) is 90.1 Å². The van der Waals surface area contributed by atoms with E-state index in [-0.39, 0.29) is 11.7 Å². The highest BCUT2D eigenvalue weighted by molar-refractivity contribution is 8.00. The molecule has 0 saturated carbocycles. The minimum atomic E-state index is -0.510. The zero-order valence-electron chi connectivity index (χ0n) is 17.0. The monoisotopic (exact) mass is 445 g/mol. The van der Waals surface area contributed by atoms with Crippen molar-refractivity contribution in [3.63, 3.8) is 0 Å². The fourth-order valence-corrected chi connectivity index (χ4v) is 4.74. The summed E-state index contributed by atoms with van der Waals surface area (Å²) in [6.45, 7) is 0.425. The van der Waals surface area contributed by atoms with Gasteiger partial charge in [0.15, 0.2) is 5.82 Å². The summed E-state index contributed by atoms with van der Waals surface area (Å²) >= 11 is 1.34. The van der Waals surface area contributed by atoms with E-state index >= 15 is 0 Å². The van der Waals surface area contributed by atoms with Gasteiger partial charge in [-0.3, -0.25) is 4.79 Å². The van der Waals surface area contributed by atoms with Gasteiger partial charge in [0.2, 0.25) is 11.1 Å². The minimum absolute atomic E-state index is 0.129. The Morgan fingerprint density at radius 2 is 1.66 bits per heavy atom. The van der Waals surface area contributed by atoms with Crippen molar-refractivity contribution >= 4 is 17.7 Å². The molecular weight excluding hydrogens is 425 g/mol. The lowest BCUT2D eigenvalue weighted by Crippen LogP contribution is -2.43. The van der Waals surface area contributed by atoms with Crippen LogP contribution < -0.4 is 10.7 Å². The Morgan fingerprint density at radius 3 is 2.38 bits per heavy atom. The van der Waals surface area contributed by atoms with E-state index < -0.39 is 11.3 Å². The maximum atomic E-state index is 13.6. The van der Waals surface area contributed by atoms with Crippen LogP contribution in [0.25, 0.3) is 11.4 Å². The van der Waals surface area contributed by atoms with Gasteiger partial charge in [0.05, 0.1) is 6.04 Å². The first-order valence-corrected chi connectivity index (χ1v) is 11.1. The third kappa shape index (κ3) is 4.09. The predicted octanol–water partition coefficient (Wildman–Crippen LogP) is 4.16. The number of halogens is 1. The molecule has 1 aliphatic heterocycles. The number of nitrogens with one attached hydrogen (secondary N) is 2. The Bertz CT molecular complexity index is 1210. The van der Waals surface area contributed by atoms with E-state index in [9.17, 15) is 9.18 Å². The van der Waals surface area contributed by atoms with E-state index in [1.165, 1.54) is 23.9 Å². The zero-order valence-corrected chi connectivity index (χ0v) is 17.8. The molecule has 0 saturated heterocycles. The summed E-state index contributed by atoms with van der Waals surface area (Å²) in [6.07, 6.45) is 0. The van der Waals surface area contributed by atoms with Crippen LogP contribution in [0.2, 0.25) is 0 Å². The van der Waals surface area contributed by atoms with Gasteiger partial charge >= 0.3 is 0 Å². The molecule has 3 aromatic carbocycles. The molecule has 1 aliphatic rings. The first kappa shape index (κ1) is 20.3. The molecule has 2 atom stereocenters. The number of nitrogens with zero attached hydrogens (tertiary/aromatic N) is 3. The molecule has 0 unspecified atom stereocenters. The van der Waals surface area contributed by atoms with Crippen LogP contribution in [0.3, 0.4) is 0 Å². The Hall–Kier alpha value is -3.65. The molecule has 4 aromatic rings. The van der Waals surface area contributed by atoms with E-state index in [0.29, 0.717) is 17.5 Å². The lowest BCUT2D eigenvalue weighted by Gasteiger charge is -2.33. The van der Waals surface area contributed by atoms with E-state index in [0.717, 1.165) is 16.7 Å². The highest BCUT2D eigenvalue weighted by Gasteiger charge is 2.37. The van der Waals surface area contributed by atoms with Crippen molar-refractivity contribution < 1.29 is 9.18 Å². The number of benzene rings is 3. The lowest BCUT2D eigenvalue weighted by molar-refractivity contribution is -0.121. The van der Waals surface area contributed by atoms with Gasteiger partial charge in [0.25, 0.3) is 0 Å². The first-order chi connectivity index (χ1) is 15.7. The highest BCUT2D eigenvalue weighted by atomic mass is 32.2. The number of aromatic nitrogens is 3. The summed E-state index contributed by atoms with van der Waals surface area (Å²) in [5, 5.41) is 11.7. The van der Waals surface area contributed by atoms with Crippen LogP contribution in [0.5, 0.6) is 0 Å². The normalized spacial score (nSPS) is 17.3. The van der Waals surface area contributed by atoms with Crippen LogP contribution in [0.1, 0.15) is 17.2 Å². The van der Waals surface area contributed by atoms with Gasteiger partial charge in [-0.1, -0.05) is 84.6 Å². The van der Waals surface area contributed by atoms with Gasteiger partial charge < -0.3 is 10.7 Å². The number of hydrogen-bond donors (Lipinski definition) is 2. The average molecular weight is 446 g/mol. The third-order valence-corrected chi connectivity index (χ3v) is 6.48. The highest BCUT2D eigenvalue weighted by Crippen LogP contribution is 2.38. The van der Waals surface area contributed by atoms with Gasteiger partial charge in [-0.25, -0.2) is 9.07 Å². The second kappa shape index (κ2) is 8.84. The molecule has 0 aliphatic carbocycles. The van der Waals surface area contributed by atoms with Crippen LogP contribution in [0, 0.1) is 5.82 Å². The summed E-state index contributed by atoms with van der Waals surface area (Å²) in [7, 11) is 0. The Kier molecular flexibility index (Phi) is 5.60. The van der Waals surface area contributed by atoms with Crippen molar-refractivity contribution in [1.29, 1.82) is 0 Å². The van der Waals surface area contributed by atoms with E-state index in [1.54, 1.807) is 16.8 Å². The number of hydrogen-bond acceptors (Lipinski definition) is 5. The zero-order chi connectivity index (χ0) is 21.9. The SMILES string of the molecule is O=C(NCc1ccccc1)[C@@H]1Sc2nnc(-c3ccccc3)n2N[C@@H]1c1ccc(F)cc1. The number of carbonyl (C=O) groups excluding carboxylic acids is 1. The number of amides is 1. The number of thioether (sulfide) groups is 1. The second-order valence-corrected chi connectivity index (χ2v) is 8.52. The molecule has 0 radical (unpaired) electrons. The predicted molar refractivity (Wildman–Crippen MR) is 122 cm³/mol. The fourth-order valence-electron chi connectivity index (χ4n) is 3.64. The largest absolute Gasteiger partial charge is 0.351 e. The van der Waals surface area contributed by atoms with Crippen molar-refractivity contribution in [3.8, 4) is 11.4 Å². The van der Waals surface area contributed by atoms with Crippen LogP contribution >= 0.6 is 11.8 Å². The summed E-state index contributed by atoms with van der Waals surface area (Å²) in [5.74, 6) is 0.205. The van der Waals surface area contributed by atoms with Crippen molar-refractivity contribution in [2.75, 3.05) is 5.43 Å². The van der Waals surface area contributed by atoms with Crippen molar-refractivity contribution in [2.45, 2.75) is 23.0 Å². The third-order valence-electron chi connectivity index (χ3n) is 5.27. The van der Waals surface area contributed by atoms with Crippen LogP contribution in [-0.4, -0.2) is 26.0 Å². The van der Waals surface area contributed by atoms with Gasteiger partial charge in [-0.05, 0) is 23.3 Å². The fraction of sp³-hybridized carbons (Fsp3) is 0.125. The van der Waals surface area contributed by atoms with E-state index in [2.05, 4.69) is 20.9 Å². The molecule has 1 aromatic heterocycles. The quantitative estimate of drug-likeness (QED) is 0.483. The Morgan fingerprint density at radius 1 is 0.969 bits per heavy atom. The van der Waals surface area contributed by atoms with E-state index in [4.69, 9.17) is 0 Å². The molecule has 6 nitrogen and oxygen atoms in total. The average Bonchev–Trinajstić information content (AvgIpc) is 3.26. The summed E-state index contributed by atoms with van der Waals surface area (Å²) in [6, 6.07) is 25.3. The first-order valence-electron chi connectivity index (χ1n) is 10.2. The smallest absolute Gasteiger partial charge is 0.236 e. The Balaban J connectivity index is 1.46. The van der Waals surface area contributed by atoms with Gasteiger partial charge in [-0.15, -0.1) is 10.2 Å². The van der Waals surface area contributed by atoms with Gasteiger partial charge in [0, 0.05) is 12.1 Å². The number of rotatable bonds is 5.